The van der Waals surface area contributed by atoms with Crippen LogP contribution >= 0.6 is 7.92 Å². The lowest BCUT2D eigenvalue weighted by Gasteiger charge is -2.67. The zero-order valence-electron chi connectivity index (χ0n) is 26.4. The number of hydrogen-bond acceptors (Lipinski definition) is 1. The van der Waals surface area contributed by atoms with Gasteiger partial charge in [0.1, 0.15) is 0 Å². The molecule has 226 valence electrons. The largest absolute Gasteiger partial charge is 0.242 e. The summed E-state index contributed by atoms with van der Waals surface area (Å²) < 4.78 is 17.3. The average Bonchev–Trinajstić information content (AvgIpc) is 2.90. The van der Waals surface area contributed by atoms with Gasteiger partial charge in [-0.3, -0.25) is 0 Å². The molecule has 2 aromatic rings. The van der Waals surface area contributed by atoms with Crippen molar-refractivity contribution in [3.05, 3.63) is 65.2 Å². The van der Waals surface area contributed by atoms with E-state index in [1.807, 2.05) is 0 Å². The Morgan fingerprint density at radius 1 is 0.690 bits per heavy atom. The van der Waals surface area contributed by atoms with Crippen molar-refractivity contribution in [2.75, 3.05) is 0 Å². The number of nitrogens with one attached hydrogen (secondary N) is 1. The Morgan fingerprint density at radius 2 is 1.10 bits per heavy atom. The van der Waals surface area contributed by atoms with Gasteiger partial charge in [0.15, 0.2) is 0 Å². The van der Waals surface area contributed by atoms with Gasteiger partial charge in [0.05, 0.1) is 21.8 Å². The van der Waals surface area contributed by atoms with Crippen LogP contribution in [0.4, 0.5) is 0 Å². The molecule has 8 saturated carbocycles. The van der Waals surface area contributed by atoms with Gasteiger partial charge in [-0.15, -0.1) is 0 Å². The van der Waals surface area contributed by atoms with E-state index < -0.39 is 11.0 Å². The van der Waals surface area contributed by atoms with E-state index in [4.69, 9.17) is 0 Å². The van der Waals surface area contributed by atoms with E-state index in [0.29, 0.717) is 10.3 Å². The van der Waals surface area contributed by atoms with Gasteiger partial charge in [0, 0.05) is 0 Å². The number of benzene rings is 2. The van der Waals surface area contributed by atoms with Crippen molar-refractivity contribution in [1.29, 1.82) is 0 Å². The van der Waals surface area contributed by atoms with Gasteiger partial charge in [-0.25, -0.2) is 8.93 Å². The number of rotatable bonds is 7. The lowest BCUT2D eigenvalue weighted by Crippen LogP contribution is -2.58. The van der Waals surface area contributed by atoms with E-state index in [0.717, 1.165) is 35.5 Å². The highest BCUT2D eigenvalue weighted by Crippen LogP contribution is 2.78. The predicted octanol–water partition coefficient (Wildman–Crippen LogP) is 9.18. The standard InChI is InChI=1S/C38H52NOPS/c1-25-9-5-6-10-32(25)35(39-42(40)36(2,3)4)33-11-7-8-12-34(33)41(37-19-26-13-27(20-37)15-28(14-26)21-37)38-22-29-16-30(23-38)18-31(17-29)24-38/h5-12,26-31,35,39H,13-24H2,1-4H3/t26?,27?,28?,29?,30?,31?,35-,37?,38?,41?,42?/m0/s1. The van der Waals surface area contributed by atoms with Gasteiger partial charge in [0.25, 0.3) is 0 Å². The summed E-state index contributed by atoms with van der Waals surface area (Å²) in [6.07, 6.45) is 18.1. The van der Waals surface area contributed by atoms with Crippen LogP contribution in [0, 0.1) is 42.4 Å². The predicted molar refractivity (Wildman–Crippen MR) is 179 cm³/mol. The average molecular weight is 602 g/mol. The van der Waals surface area contributed by atoms with Crippen LogP contribution in [0.15, 0.2) is 48.5 Å². The van der Waals surface area contributed by atoms with Crippen molar-refractivity contribution in [2.24, 2.45) is 35.5 Å². The second kappa shape index (κ2) is 10.3. The second-order valence-electron chi connectivity index (χ2n) is 17.0. The molecule has 0 aliphatic heterocycles. The summed E-state index contributed by atoms with van der Waals surface area (Å²) in [4.78, 5) is 0. The van der Waals surface area contributed by atoms with Crippen LogP contribution in [0.3, 0.4) is 0 Å². The number of hydrogen-bond donors (Lipinski definition) is 1. The van der Waals surface area contributed by atoms with Crippen LogP contribution in [0.1, 0.15) is 121 Å². The molecule has 1 unspecified atom stereocenters. The van der Waals surface area contributed by atoms with Gasteiger partial charge in [-0.1, -0.05) is 56.5 Å². The minimum Gasteiger partial charge on any atom is -0.242 e. The van der Waals surface area contributed by atoms with Gasteiger partial charge in [-0.05, 0) is 173 Å². The number of aryl methyl sites for hydroxylation is 1. The van der Waals surface area contributed by atoms with Crippen molar-refractivity contribution in [1.82, 2.24) is 4.72 Å². The quantitative estimate of drug-likeness (QED) is 0.315. The van der Waals surface area contributed by atoms with Crippen LogP contribution in [0.25, 0.3) is 0 Å². The summed E-state index contributed by atoms with van der Waals surface area (Å²) in [5, 5.41) is 2.74. The molecule has 0 aromatic heterocycles. The maximum absolute atomic E-state index is 13.9. The third-order valence-corrected chi connectivity index (χ3v) is 18.2. The summed E-state index contributed by atoms with van der Waals surface area (Å²) in [5.74, 6) is 5.84. The summed E-state index contributed by atoms with van der Waals surface area (Å²) in [6, 6.07) is 18.5. The van der Waals surface area contributed by atoms with Crippen molar-refractivity contribution in [2.45, 2.75) is 126 Å². The molecule has 8 bridgehead atoms. The van der Waals surface area contributed by atoms with Crippen LogP contribution in [0.2, 0.25) is 0 Å². The van der Waals surface area contributed by atoms with Crippen LogP contribution in [-0.2, 0) is 11.0 Å². The Labute approximate surface area is 259 Å². The minimum atomic E-state index is -1.16. The van der Waals surface area contributed by atoms with E-state index in [1.165, 1.54) is 93.7 Å². The molecule has 8 fully saturated rings. The molecule has 0 heterocycles. The zero-order chi connectivity index (χ0) is 28.9. The van der Waals surface area contributed by atoms with E-state index in [-0.39, 0.29) is 18.7 Å². The highest BCUT2D eigenvalue weighted by atomic mass is 32.2. The summed E-state index contributed by atoms with van der Waals surface area (Å²) in [7, 11) is -1.51. The maximum Gasteiger partial charge on any atom is 0.0979 e. The first-order valence-corrected chi connectivity index (χ1v) is 19.7. The molecule has 42 heavy (non-hydrogen) atoms. The first-order chi connectivity index (χ1) is 20.1. The third kappa shape index (κ3) is 4.73. The summed E-state index contributed by atoms with van der Waals surface area (Å²) in [6.45, 7) is 8.56. The Hall–Kier alpha value is -1.02. The maximum atomic E-state index is 13.9. The Morgan fingerprint density at radius 3 is 1.52 bits per heavy atom. The SMILES string of the molecule is Cc1ccccc1[C@H](NS(=O)C(C)(C)C)c1ccccc1P(C12CC3CC(CC(C3)C1)C2)C12CC3CC(CC(C3)C1)C2. The third-order valence-electron chi connectivity index (χ3n) is 12.7. The van der Waals surface area contributed by atoms with Gasteiger partial charge in [0.2, 0.25) is 0 Å². The van der Waals surface area contributed by atoms with Crippen LogP contribution in [-0.4, -0.2) is 19.3 Å². The monoisotopic (exact) mass is 601 g/mol. The molecule has 2 atom stereocenters. The molecule has 0 saturated heterocycles. The summed E-state index contributed by atoms with van der Waals surface area (Å²) >= 11 is 0. The van der Waals surface area contributed by atoms with E-state index in [1.54, 1.807) is 5.30 Å². The van der Waals surface area contributed by atoms with Gasteiger partial charge < -0.3 is 0 Å². The van der Waals surface area contributed by atoms with E-state index in [2.05, 4.69) is 80.9 Å². The molecule has 4 heteroatoms. The van der Waals surface area contributed by atoms with Crippen molar-refractivity contribution < 1.29 is 4.21 Å². The first kappa shape index (κ1) is 28.5. The first-order valence-electron chi connectivity index (χ1n) is 17.2. The molecular formula is C38H52NOPS. The van der Waals surface area contributed by atoms with Crippen LogP contribution < -0.4 is 10.0 Å². The Kier molecular flexibility index (Phi) is 6.94. The molecule has 8 aliphatic rings. The molecule has 2 nitrogen and oxygen atoms in total. The second-order valence-corrected chi connectivity index (χ2v) is 22.0. The van der Waals surface area contributed by atoms with E-state index in [9.17, 15) is 4.21 Å². The van der Waals surface area contributed by atoms with Crippen molar-refractivity contribution in [3.63, 3.8) is 0 Å². The van der Waals surface area contributed by atoms with Crippen molar-refractivity contribution >= 4 is 24.2 Å². The normalized spacial score (nSPS) is 40.3. The Bertz CT molecular complexity index is 1260. The molecule has 0 amide bonds. The lowest BCUT2D eigenvalue weighted by atomic mass is 9.55. The molecule has 8 aliphatic carbocycles. The summed E-state index contributed by atoms with van der Waals surface area (Å²) in [5.41, 5.74) is 4.04. The smallest absolute Gasteiger partial charge is 0.0979 e. The fourth-order valence-corrected chi connectivity index (χ4v) is 18.3. The van der Waals surface area contributed by atoms with E-state index >= 15 is 0 Å². The van der Waals surface area contributed by atoms with Gasteiger partial charge >= 0.3 is 0 Å². The minimum absolute atomic E-state index is 0.0460. The highest BCUT2D eigenvalue weighted by Gasteiger charge is 2.63. The molecule has 10 rings (SSSR count). The molecule has 1 N–H and O–H groups in total. The Balaban J connectivity index is 1.31. The topological polar surface area (TPSA) is 29.1 Å². The van der Waals surface area contributed by atoms with Crippen molar-refractivity contribution in [3.8, 4) is 0 Å². The van der Waals surface area contributed by atoms with Gasteiger partial charge in [-0.2, -0.15) is 0 Å². The molecule has 2 aromatic carbocycles. The molecule has 0 radical (unpaired) electrons. The molecule has 0 spiro atoms. The molecular weight excluding hydrogens is 549 g/mol. The highest BCUT2D eigenvalue weighted by molar-refractivity contribution is 7.84. The lowest BCUT2D eigenvalue weighted by molar-refractivity contribution is 0.0195. The zero-order valence-corrected chi connectivity index (χ0v) is 28.1. The fraction of sp³-hybridized carbons (Fsp3) is 0.684. The fourth-order valence-electron chi connectivity index (χ4n) is 12.1. The van der Waals surface area contributed by atoms with Crippen LogP contribution in [0.5, 0.6) is 0 Å².